The van der Waals surface area contributed by atoms with Crippen molar-refractivity contribution < 1.29 is 13.2 Å². The lowest BCUT2D eigenvalue weighted by atomic mass is 10.1. The highest BCUT2D eigenvalue weighted by atomic mass is 32.2. The van der Waals surface area contributed by atoms with Crippen molar-refractivity contribution in [1.29, 1.82) is 0 Å². The summed E-state index contributed by atoms with van der Waals surface area (Å²) in [5.41, 5.74) is 0.823. The van der Waals surface area contributed by atoms with Gasteiger partial charge in [-0.1, -0.05) is 12.1 Å². The van der Waals surface area contributed by atoms with Crippen LogP contribution in [-0.2, 0) is 21.1 Å². The Morgan fingerprint density at radius 1 is 1.25 bits per heavy atom. The minimum Gasteiger partial charge on any atom is -0.353 e. The van der Waals surface area contributed by atoms with Crippen LogP contribution in [0.15, 0.2) is 29.2 Å². The molecule has 0 saturated carbocycles. The standard InChI is InChI=1S/C14H20N2O3S/c1-20(18,19)13-4-2-11(3-5-13)10-14(17)16-12-6-8-15-9-7-12/h2-5,12,15H,6-10H2,1H3,(H,16,17). The van der Waals surface area contributed by atoms with Crippen LogP contribution in [0.1, 0.15) is 18.4 Å². The second-order valence-electron chi connectivity index (χ2n) is 5.18. The largest absolute Gasteiger partial charge is 0.353 e. The van der Waals surface area contributed by atoms with Crippen LogP contribution in [0.4, 0.5) is 0 Å². The number of piperidine rings is 1. The Balaban J connectivity index is 1.91. The van der Waals surface area contributed by atoms with E-state index in [4.69, 9.17) is 0 Å². The van der Waals surface area contributed by atoms with Crippen LogP contribution in [-0.4, -0.2) is 39.7 Å². The van der Waals surface area contributed by atoms with E-state index in [2.05, 4.69) is 10.6 Å². The molecule has 2 rings (SSSR count). The van der Waals surface area contributed by atoms with E-state index < -0.39 is 9.84 Å². The first kappa shape index (κ1) is 15.0. The van der Waals surface area contributed by atoms with Gasteiger partial charge < -0.3 is 10.6 Å². The van der Waals surface area contributed by atoms with Crippen LogP contribution in [0.3, 0.4) is 0 Å². The van der Waals surface area contributed by atoms with E-state index in [0.29, 0.717) is 0 Å². The summed E-state index contributed by atoms with van der Waals surface area (Å²) in [4.78, 5) is 12.2. The molecule has 1 fully saturated rings. The molecule has 1 aromatic carbocycles. The average Bonchev–Trinajstić information content (AvgIpc) is 2.39. The molecular formula is C14H20N2O3S. The Morgan fingerprint density at radius 3 is 2.40 bits per heavy atom. The third-order valence-electron chi connectivity index (χ3n) is 3.42. The molecule has 1 saturated heterocycles. The maximum absolute atomic E-state index is 11.9. The molecule has 110 valence electrons. The van der Waals surface area contributed by atoms with Crippen molar-refractivity contribution in [2.24, 2.45) is 0 Å². The third-order valence-corrected chi connectivity index (χ3v) is 4.55. The van der Waals surface area contributed by atoms with E-state index in [1.165, 1.54) is 6.26 Å². The van der Waals surface area contributed by atoms with E-state index >= 15 is 0 Å². The number of carbonyl (C=O) groups excluding carboxylic acids is 1. The minimum absolute atomic E-state index is 0.0102. The Bertz CT molecular complexity index is 561. The summed E-state index contributed by atoms with van der Waals surface area (Å²) in [5, 5.41) is 6.26. The fraction of sp³-hybridized carbons (Fsp3) is 0.500. The predicted molar refractivity (Wildman–Crippen MR) is 77.3 cm³/mol. The zero-order valence-electron chi connectivity index (χ0n) is 11.6. The molecule has 0 aliphatic carbocycles. The van der Waals surface area contributed by atoms with Crippen LogP contribution in [0, 0.1) is 0 Å². The molecule has 0 radical (unpaired) electrons. The monoisotopic (exact) mass is 296 g/mol. The maximum Gasteiger partial charge on any atom is 0.224 e. The quantitative estimate of drug-likeness (QED) is 0.848. The van der Waals surface area contributed by atoms with Gasteiger partial charge in [0, 0.05) is 12.3 Å². The Morgan fingerprint density at radius 2 is 1.85 bits per heavy atom. The summed E-state index contributed by atoms with van der Waals surface area (Å²) in [5.74, 6) is -0.0102. The van der Waals surface area contributed by atoms with Crippen LogP contribution in [0.25, 0.3) is 0 Å². The van der Waals surface area contributed by atoms with Crippen molar-refractivity contribution in [3.8, 4) is 0 Å². The average molecular weight is 296 g/mol. The lowest BCUT2D eigenvalue weighted by molar-refractivity contribution is -0.121. The first-order valence-electron chi connectivity index (χ1n) is 6.74. The number of hydrogen-bond acceptors (Lipinski definition) is 4. The third kappa shape index (κ3) is 4.31. The maximum atomic E-state index is 11.9. The van der Waals surface area contributed by atoms with Gasteiger partial charge >= 0.3 is 0 Å². The summed E-state index contributed by atoms with van der Waals surface area (Å²) < 4.78 is 22.7. The Labute approximate surface area is 119 Å². The van der Waals surface area contributed by atoms with Crippen molar-refractivity contribution in [3.05, 3.63) is 29.8 Å². The summed E-state index contributed by atoms with van der Waals surface area (Å²) in [7, 11) is -3.18. The molecule has 1 heterocycles. The topological polar surface area (TPSA) is 75.3 Å². The molecule has 0 atom stereocenters. The van der Waals surface area contributed by atoms with Gasteiger partial charge in [0.25, 0.3) is 0 Å². The van der Waals surface area contributed by atoms with Crippen molar-refractivity contribution in [2.75, 3.05) is 19.3 Å². The number of rotatable bonds is 4. The number of sulfone groups is 1. The summed E-state index contributed by atoms with van der Waals surface area (Å²) in [6.45, 7) is 1.88. The van der Waals surface area contributed by atoms with Crippen LogP contribution in [0.2, 0.25) is 0 Å². The zero-order chi connectivity index (χ0) is 14.6. The normalized spacial score (nSPS) is 16.9. The predicted octanol–water partition coefficient (Wildman–Crippen LogP) is 0.501. The van der Waals surface area contributed by atoms with Gasteiger partial charge in [0.1, 0.15) is 0 Å². The molecule has 6 heteroatoms. The highest BCUT2D eigenvalue weighted by Crippen LogP contribution is 2.11. The lowest BCUT2D eigenvalue weighted by Gasteiger charge is -2.23. The van der Waals surface area contributed by atoms with E-state index in [0.717, 1.165) is 31.5 Å². The van der Waals surface area contributed by atoms with Gasteiger partial charge in [0.05, 0.1) is 11.3 Å². The molecule has 1 aliphatic rings. The Kier molecular flexibility index (Phi) is 4.77. The first-order chi connectivity index (χ1) is 9.45. The van der Waals surface area contributed by atoms with Gasteiger partial charge in [-0.05, 0) is 43.6 Å². The van der Waals surface area contributed by atoms with Gasteiger partial charge in [-0.25, -0.2) is 8.42 Å². The van der Waals surface area contributed by atoms with E-state index in [-0.39, 0.29) is 23.3 Å². The van der Waals surface area contributed by atoms with Gasteiger partial charge in [-0.2, -0.15) is 0 Å². The first-order valence-corrected chi connectivity index (χ1v) is 8.63. The van der Waals surface area contributed by atoms with E-state index in [1.807, 2.05) is 0 Å². The minimum atomic E-state index is -3.18. The van der Waals surface area contributed by atoms with Gasteiger partial charge in [-0.3, -0.25) is 4.79 Å². The van der Waals surface area contributed by atoms with Gasteiger partial charge in [-0.15, -0.1) is 0 Å². The number of nitrogens with one attached hydrogen (secondary N) is 2. The molecular weight excluding hydrogens is 276 g/mol. The van der Waals surface area contributed by atoms with Crippen LogP contribution in [0.5, 0.6) is 0 Å². The van der Waals surface area contributed by atoms with Crippen molar-refractivity contribution >= 4 is 15.7 Å². The summed E-state index contributed by atoms with van der Waals surface area (Å²) >= 11 is 0. The highest BCUT2D eigenvalue weighted by molar-refractivity contribution is 7.90. The van der Waals surface area contributed by atoms with Gasteiger partial charge in [0.2, 0.25) is 5.91 Å². The number of carbonyl (C=O) groups is 1. The highest BCUT2D eigenvalue weighted by Gasteiger charge is 2.15. The molecule has 1 aliphatic heterocycles. The smallest absolute Gasteiger partial charge is 0.224 e. The fourth-order valence-electron chi connectivity index (χ4n) is 2.28. The lowest BCUT2D eigenvalue weighted by Crippen LogP contribution is -2.43. The van der Waals surface area contributed by atoms with Crippen LogP contribution < -0.4 is 10.6 Å². The molecule has 0 spiro atoms. The SMILES string of the molecule is CS(=O)(=O)c1ccc(CC(=O)NC2CCNCC2)cc1. The van der Waals surface area contributed by atoms with E-state index in [9.17, 15) is 13.2 Å². The van der Waals surface area contributed by atoms with Crippen molar-refractivity contribution in [3.63, 3.8) is 0 Å². The molecule has 1 amide bonds. The van der Waals surface area contributed by atoms with E-state index in [1.54, 1.807) is 24.3 Å². The molecule has 1 aromatic rings. The molecule has 5 nitrogen and oxygen atoms in total. The van der Waals surface area contributed by atoms with Crippen molar-refractivity contribution in [2.45, 2.75) is 30.2 Å². The van der Waals surface area contributed by atoms with Gasteiger partial charge in [0.15, 0.2) is 9.84 Å². The second-order valence-corrected chi connectivity index (χ2v) is 7.20. The number of benzene rings is 1. The second kappa shape index (κ2) is 6.37. The van der Waals surface area contributed by atoms with Crippen LogP contribution >= 0.6 is 0 Å². The molecule has 0 aromatic heterocycles. The molecule has 0 bridgehead atoms. The summed E-state index contributed by atoms with van der Waals surface area (Å²) in [6, 6.07) is 6.72. The Hall–Kier alpha value is -1.40. The summed E-state index contributed by atoms with van der Waals surface area (Å²) in [6.07, 6.45) is 3.37. The molecule has 20 heavy (non-hydrogen) atoms. The number of hydrogen-bond donors (Lipinski definition) is 2. The fourth-order valence-corrected chi connectivity index (χ4v) is 2.92. The van der Waals surface area contributed by atoms with Crippen molar-refractivity contribution in [1.82, 2.24) is 10.6 Å². The molecule has 0 unspecified atom stereocenters. The molecule has 2 N–H and O–H groups in total. The number of amides is 1. The zero-order valence-corrected chi connectivity index (χ0v) is 12.4.